The fourth-order valence-electron chi connectivity index (χ4n) is 1.18. The zero-order valence-corrected chi connectivity index (χ0v) is 8.25. The highest BCUT2D eigenvalue weighted by Gasteiger charge is 2.12. The van der Waals surface area contributed by atoms with Crippen molar-refractivity contribution in [3.8, 4) is 5.69 Å². The number of alkyl halides is 1. The average molecular weight is 230 g/mol. The summed E-state index contributed by atoms with van der Waals surface area (Å²) >= 11 is 5.50. The Morgan fingerprint density at radius 3 is 2.47 bits per heavy atom. The molecule has 1 aromatic heterocycles. The minimum absolute atomic E-state index is 0.149. The van der Waals surface area contributed by atoms with Crippen molar-refractivity contribution in [1.29, 1.82) is 0 Å². The molecule has 0 fully saturated rings. The van der Waals surface area contributed by atoms with Crippen molar-refractivity contribution < 1.29 is 8.78 Å². The highest BCUT2D eigenvalue weighted by atomic mass is 35.5. The lowest BCUT2D eigenvalue weighted by atomic mass is 10.3. The maximum Gasteiger partial charge on any atom is 0.151 e. The lowest BCUT2D eigenvalue weighted by molar-refractivity contribution is 0.556. The van der Waals surface area contributed by atoms with Gasteiger partial charge in [0.1, 0.15) is 5.69 Å². The van der Waals surface area contributed by atoms with Gasteiger partial charge in [-0.15, -0.1) is 16.7 Å². The van der Waals surface area contributed by atoms with Crippen LogP contribution in [0.15, 0.2) is 24.4 Å². The molecule has 1 heterocycles. The van der Waals surface area contributed by atoms with E-state index in [9.17, 15) is 8.78 Å². The smallest absolute Gasteiger partial charge is 0.151 e. The molecule has 0 aliphatic carbocycles. The van der Waals surface area contributed by atoms with Crippen molar-refractivity contribution in [2.24, 2.45) is 0 Å². The van der Waals surface area contributed by atoms with E-state index in [1.54, 1.807) is 0 Å². The first kappa shape index (κ1) is 10.0. The van der Waals surface area contributed by atoms with Crippen LogP contribution >= 0.6 is 11.6 Å². The van der Waals surface area contributed by atoms with Gasteiger partial charge in [-0.2, -0.15) is 0 Å². The molecule has 0 amide bonds. The highest BCUT2D eigenvalue weighted by molar-refractivity contribution is 6.16. The van der Waals surface area contributed by atoms with Crippen molar-refractivity contribution in [3.05, 3.63) is 41.7 Å². The van der Waals surface area contributed by atoms with E-state index in [-0.39, 0.29) is 11.6 Å². The van der Waals surface area contributed by atoms with Gasteiger partial charge < -0.3 is 0 Å². The number of hydrogen-bond donors (Lipinski definition) is 0. The first-order valence-corrected chi connectivity index (χ1v) is 4.67. The maximum atomic E-state index is 13.3. The summed E-state index contributed by atoms with van der Waals surface area (Å²) in [6.45, 7) is 0. The molecule has 0 aliphatic heterocycles. The number of rotatable bonds is 2. The Hall–Kier alpha value is -1.49. The fraction of sp³-hybridized carbons (Fsp3) is 0.111. The topological polar surface area (TPSA) is 30.7 Å². The molecule has 6 heteroatoms. The second kappa shape index (κ2) is 3.94. The first-order chi connectivity index (χ1) is 7.22. The van der Waals surface area contributed by atoms with Gasteiger partial charge in [-0.25, -0.2) is 13.5 Å². The predicted octanol–water partition coefficient (Wildman–Crippen LogP) is 2.28. The molecular weight excluding hydrogens is 224 g/mol. The molecule has 1 aromatic carbocycles. The van der Waals surface area contributed by atoms with Crippen LogP contribution in [0.25, 0.3) is 5.69 Å². The third-order valence-corrected chi connectivity index (χ3v) is 2.12. The summed E-state index contributed by atoms with van der Waals surface area (Å²) in [5.74, 6) is -1.24. The summed E-state index contributed by atoms with van der Waals surface area (Å²) in [4.78, 5) is 0. The third kappa shape index (κ3) is 1.83. The summed E-state index contributed by atoms with van der Waals surface area (Å²) < 4.78 is 27.6. The summed E-state index contributed by atoms with van der Waals surface area (Å²) in [5, 5.41) is 7.22. The Labute approximate surface area is 89.3 Å². The van der Waals surface area contributed by atoms with Gasteiger partial charge >= 0.3 is 0 Å². The molecule has 0 atom stereocenters. The SMILES string of the molecule is Fc1cccc(F)c1-n1cc(CCl)nn1. The van der Waals surface area contributed by atoms with E-state index in [4.69, 9.17) is 11.6 Å². The number of benzene rings is 1. The number of para-hydroxylation sites is 1. The van der Waals surface area contributed by atoms with Gasteiger partial charge in [0.15, 0.2) is 11.6 Å². The Balaban J connectivity index is 2.53. The lowest BCUT2D eigenvalue weighted by Gasteiger charge is -2.02. The van der Waals surface area contributed by atoms with Crippen molar-refractivity contribution in [2.45, 2.75) is 5.88 Å². The molecule has 15 heavy (non-hydrogen) atoms. The number of nitrogens with zero attached hydrogens (tertiary/aromatic N) is 3. The summed E-state index contributed by atoms with van der Waals surface area (Å²) in [5.41, 5.74) is 0.209. The number of halogens is 3. The molecule has 0 saturated carbocycles. The molecular formula is C9H6ClF2N3. The Morgan fingerprint density at radius 2 is 1.93 bits per heavy atom. The maximum absolute atomic E-state index is 13.3. The summed E-state index contributed by atoms with van der Waals surface area (Å²) in [6.07, 6.45) is 1.38. The molecule has 0 saturated heterocycles. The van der Waals surface area contributed by atoms with Crippen molar-refractivity contribution in [3.63, 3.8) is 0 Å². The average Bonchev–Trinajstić information content (AvgIpc) is 2.66. The molecule has 0 unspecified atom stereocenters. The van der Waals surface area contributed by atoms with Crippen molar-refractivity contribution in [2.75, 3.05) is 0 Å². The van der Waals surface area contributed by atoms with Crippen LogP contribution in [-0.4, -0.2) is 15.0 Å². The molecule has 0 aliphatic rings. The van der Waals surface area contributed by atoms with Gasteiger partial charge in [0.05, 0.1) is 17.8 Å². The second-order valence-electron chi connectivity index (χ2n) is 2.86. The zero-order valence-electron chi connectivity index (χ0n) is 7.49. The van der Waals surface area contributed by atoms with Gasteiger partial charge in [-0.05, 0) is 12.1 Å². The monoisotopic (exact) mass is 229 g/mol. The van der Waals surface area contributed by atoms with E-state index >= 15 is 0 Å². The Kier molecular flexibility index (Phi) is 2.64. The van der Waals surface area contributed by atoms with E-state index < -0.39 is 11.6 Å². The summed E-state index contributed by atoms with van der Waals surface area (Å²) in [6, 6.07) is 3.59. The number of aromatic nitrogens is 3. The lowest BCUT2D eigenvalue weighted by Crippen LogP contribution is -2.01. The highest BCUT2D eigenvalue weighted by Crippen LogP contribution is 2.16. The molecule has 0 N–H and O–H groups in total. The van der Waals surface area contributed by atoms with E-state index in [2.05, 4.69) is 10.3 Å². The van der Waals surface area contributed by atoms with Crippen LogP contribution in [0.4, 0.5) is 8.78 Å². The molecule has 0 spiro atoms. The fourth-order valence-corrected chi connectivity index (χ4v) is 1.30. The van der Waals surface area contributed by atoms with Gasteiger partial charge in [0.2, 0.25) is 0 Å². The van der Waals surface area contributed by atoms with Gasteiger partial charge in [0, 0.05) is 0 Å². The largest absolute Gasteiger partial charge is 0.214 e. The van der Waals surface area contributed by atoms with Gasteiger partial charge in [-0.3, -0.25) is 0 Å². The third-order valence-electron chi connectivity index (χ3n) is 1.84. The van der Waals surface area contributed by atoms with Crippen LogP contribution in [0.2, 0.25) is 0 Å². The standard InChI is InChI=1S/C9H6ClF2N3/c10-4-6-5-15(14-13-6)9-7(11)2-1-3-8(9)12/h1-3,5H,4H2. The predicted molar refractivity (Wildman–Crippen MR) is 50.8 cm³/mol. The zero-order chi connectivity index (χ0) is 10.8. The van der Waals surface area contributed by atoms with E-state index in [1.165, 1.54) is 12.3 Å². The van der Waals surface area contributed by atoms with Crippen molar-refractivity contribution >= 4 is 11.6 Å². The molecule has 78 valence electrons. The van der Waals surface area contributed by atoms with Crippen LogP contribution in [0.3, 0.4) is 0 Å². The normalized spacial score (nSPS) is 10.6. The van der Waals surface area contributed by atoms with Crippen molar-refractivity contribution in [1.82, 2.24) is 15.0 Å². The number of hydrogen-bond acceptors (Lipinski definition) is 2. The van der Waals surface area contributed by atoms with Crippen LogP contribution < -0.4 is 0 Å². The van der Waals surface area contributed by atoms with Crippen LogP contribution in [0, 0.1) is 11.6 Å². The first-order valence-electron chi connectivity index (χ1n) is 4.14. The van der Waals surface area contributed by atoms with E-state index in [0.29, 0.717) is 5.69 Å². The molecule has 2 rings (SSSR count). The molecule has 0 bridgehead atoms. The second-order valence-corrected chi connectivity index (χ2v) is 3.13. The van der Waals surface area contributed by atoms with Crippen LogP contribution in [0.5, 0.6) is 0 Å². The molecule has 0 radical (unpaired) electrons. The van der Waals surface area contributed by atoms with Gasteiger partial charge in [-0.1, -0.05) is 11.3 Å². The minimum Gasteiger partial charge on any atom is -0.214 e. The Morgan fingerprint density at radius 1 is 1.27 bits per heavy atom. The van der Waals surface area contributed by atoms with E-state index in [0.717, 1.165) is 16.8 Å². The molecule has 2 aromatic rings. The minimum atomic E-state index is -0.693. The summed E-state index contributed by atoms with van der Waals surface area (Å²) in [7, 11) is 0. The molecule has 3 nitrogen and oxygen atoms in total. The van der Waals surface area contributed by atoms with Crippen LogP contribution in [0.1, 0.15) is 5.69 Å². The van der Waals surface area contributed by atoms with Crippen LogP contribution in [-0.2, 0) is 5.88 Å². The van der Waals surface area contributed by atoms with E-state index in [1.807, 2.05) is 0 Å². The Bertz CT molecular complexity index is 464. The quantitative estimate of drug-likeness (QED) is 0.740. The van der Waals surface area contributed by atoms with Gasteiger partial charge in [0.25, 0.3) is 0 Å².